The third kappa shape index (κ3) is 2.61. The quantitative estimate of drug-likeness (QED) is 0.769. The normalized spacial score (nSPS) is 35.1. The fraction of sp³-hybridized carbons (Fsp3) is 0.600. The van der Waals surface area contributed by atoms with Gasteiger partial charge in [-0.3, -0.25) is 0 Å². The van der Waals surface area contributed by atoms with Crippen LogP contribution in [-0.4, -0.2) is 35.6 Å². The Bertz CT molecular complexity index is 424. The molecule has 0 heterocycles. The molecule has 0 amide bonds. The maximum atomic E-state index is 10.4. The van der Waals surface area contributed by atoms with Crippen molar-refractivity contribution in [3.63, 3.8) is 0 Å². The maximum Gasteiger partial charge on any atom is 0.122 e. The first-order valence-electron chi connectivity index (χ1n) is 6.84. The summed E-state index contributed by atoms with van der Waals surface area (Å²) >= 11 is 0. The van der Waals surface area contributed by atoms with E-state index in [1.807, 2.05) is 31.2 Å². The van der Waals surface area contributed by atoms with Crippen LogP contribution in [0.15, 0.2) is 24.3 Å². The number of nitrogens with two attached hydrogens (primary N) is 1. The van der Waals surface area contributed by atoms with Crippen LogP contribution in [0, 0.1) is 5.92 Å². The molecule has 0 aromatic heterocycles. The smallest absolute Gasteiger partial charge is 0.122 e. The topological polar surface area (TPSA) is 75.7 Å². The minimum atomic E-state index is -0.791. The van der Waals surface area contributed by atoms with E-state index in [2.05, 4.69) is 0 Å². The maximum absolute atomic E-state index is 10.4. The number of hydrogen-bond donors (Lipinski definition) is 3. The van der Waals surface area contributed by atoms with E-state index in [4.69, 9.17) is 10.5 Å². The Morgan fingerprint density at radius 2 is 1.95 bits per heavy atom. The Morgan fingerprint density at radius 1 is 1.26 bits per heavy atom. The van der Waals surface area contributed by atoms with Crippen LogP contribution in [0.25, 0.3) is 0 Å². The van der Waals surface area contributed by atoms with Crippen LogP contribution in [0.5, 0.6) is 5.75 Å². The lowest BCUT2D eigenvalue weighted by Gasteiger charge is -2.41. The first kappa shape index (κ1) is 14.3. The molecule has 19 heavy (non-hydrogen) atoms. The lowest BCUT2D eigenvalue weighted by atomic mass is 9.71. The summed E-state index contributed by atoms with van der Waals surface area (Å²) in [4.78, 5) is 0. The largest absolute Gasteiger partial charge is 0.496 e. The molecule has 4 N–H and O–H groups in total. The molecular formula is C15H23NO3. The van der Waals surface area contributed by atoms with E-state index in [9.17, 15) is 10.2 Å². The van der Waals surface area contributed by atoms with E-state index in [0.29, 0.717) is 6.42 Å². The van der Waals surface area contributed by atoms with Crippen LogP contribution >= 0.6 is 0 Å². The summed E-state index contributed by atoms with van der Waals surface area (Å²) in [6.07, 6.45) is -0.125. The molecular weight excluding hydrogens is 242 g/mol. The molecule has 1 aromatic carbocycles. The van der Waals surface area contributed by atoms with Gasteiger partial charge >= 0.3 is 0 Å². The van der Waals surface area contributed by atoms with Gasteiger partial charge < -0.3 is 20.7 Å². The Morgan fingerprint density at radius 3 is 2.58 bits per heavy atom. The zero-order valence-electron chi connectivity index (χ0n) is 11.5. The molecule has 1 aromatic rings. The minimum Gasteiger partial charge on any atom is -0.496 e. The second-order valence-corrected chi connectivity index (χ2v) is 5.30. The zero-order chi connectivity index (χ0) is 14.0. The van der Waals surface area contributed by atoms with Gasteiger partial charge in [-0.25, -0.2) is 0 Å². The Labute approximate surface area is 114 Å². The number of rotatable bonds is 3. The Balaban J connectivity index is 2.30. The van der Waals surface area contributed by atoms with Crippen LogP contribution in [0.4, 0.5) is 0 Å². The predicted octanol–water partition coefficient (Wildman–Crippen LogP) is 1.26. The highest BCUT2D eigenvalue weighted by atomic mass is 16.5. The zero-order valence-corrected chi connectivity index (χ0v) is 11.5. The standard InChI is InChI=1S/C15H23NO3/c1-3-9-12(16)8-11(15(18)14(9)17)10-6-4-5-7-13(10)19-2/h4-7,9,11-12,14-15,17-18H,3,8,16H2,1-2H3. The number of benzene rings is 1. The van der Waals surface area contributed by atoms with Crippen molar-refractivity contribution >= 4 is 0 Å². The van der Waals surface area contributed by atoms with Gasteiger partial charge in [0.1, 0.15) is 5.75 Å². The van der Waals surface area contributed by atoms with Gasteiger partial charge in [0.2, 0.25) is 0 Å². The number of para-hydroxylation sites is 1. The van der Waals surface area contributed by atoms with Crippen molar-refractivity contribution in [2.45, 2.75) is 43.9 Å². The highest BCUT2D eigenvalue weighted by Crippen LogP contribution is 2.40. The average Bonchev–Trinajstić information content (AvgIpc) is 2.43. The second-order valence-electron chi connectivity index (χ2n) is 5.30. The third-order valence-electron chi connectivity index (χ3n) is 4.29. The molecule has 0 spiro atoms. The summed E-state index contributed by atoms with van der Waals surface area (Å²) in [6, 6.07) is 7.50. The number of hydrogen-bond acceptors (Lipinski definition) is 4. The average molecular weight is 265 g/mol. The van der Waals surface area contributed by atoms with Crippen molar-refractivity contribution < 1.29 is 14.9 Å². The summed E-state index contributed by atoms with van der Waals surface area (Å²) in [5.74, 6) is 0.519. The van der Waals surface area contributed by atoms with Gasteiger partial charge in [0.25, 0.3) is 0 Å². The van der Waals surface area contributed by atoms with Gasteiger partial charge in [0, 0.05) is 17.9 Å². The molecule has 1 aliphatic carbocycles. The molecule has 5 unspecified atom stereocenters. The molecule has 4 heteroatoms. The summed E-state index contributed by atoms with van der Waals surface area (Å²) in [5, 5.41) is 20.6. The summed E-state index contributed by atoms with van der Waals surface area (Å²) in [5.41, 5.74) is 7.07. The van der Waals surface area contributed by atoms with Crippen molar-refractivity contribution in [1.82, 2.24) is 0 Å². The lowest BCUT2D eigenvalue weighted by Crippen LogP contribution is -2.52. The van der Waals surface area contributed by atoms with Gasteiger partial charge in [0.05, 0.1) is 19.3 Å². The van der Waals surface area contributed by atoms with Gasteiger partial charge in [-0.2, -0.15) is 0 Å². The number of methoxy groups -OCH3 is 1. The van der Waals surface area contributed by atoms with E-state index >= 15 is 0 Å². The molecule has 4 nitrogen and oxygen atoms in total. The van der Waals surface area contributed by atoms with Crippen molar-refractivity contribution in [3.05, 3.63) is 29.8 Å². The summed E-state index contributed by atoms with van der Waals surface area (Å²) in [7, 11) is 1.61. The molecule has 1 saturated carbocycles. The molecule has 0 bridgehead atoms. The van der Waals surface area contributed by atoms with Crippen LogP contribution in [0.3, 0.4) is 0 Å². The van der Waals surface area contributed by atoms with Crippen molar-refractivity contribution in [2.75, 3.05) is 7.11 Å². The molecule has 1 aliphatic rings. The van der Waals surface area contributed by atoms with Gasteiger partial charge in [-0.05, 0) is 24.5 Å². The van der Waals surface area contributed by atoms with E-state index in [1.54, 1.807) is 7.11 Å². The summed E-state index contributed by atoms with van der Waals surface area (Å²) in [6.45, 7) is 1.99. The van der Waals surface area contributed by atoms with Gasteiger partial charge in [-0.1, -0.05) is 25.1 Å². The summed E-state index contributed by atoms with van der Waals surface area (Å²) < 4.78 is 5.34. The number of aliphatic hydroxyl groups is 2. The van der Waals surface area contributed by atoms with Crippen molar-refractivity contribution in [1.29, 1.82) is 0 Å². The monoisotopic (exact) mass is 265 g/mol. The number of aliphatic hydroxyl groups excluding tert-OH is 2. The van der Waals surface area contributed by atoms with Gasteiger partial charge in [0.15, 0.2) is 0 Å². The van der Waals surface area contributed by atoms with E-state index in [-0.39, 0.29) is 17.9 Å². The van der Waals surface area contributed by atoms with Crippen LogP contribution in [0.1, 0.15) is 31.2 Å². The van der Waals surface area contributed by atoms with Crippen LogP contribution < -0.4 is 10.5 Å². The van der Waals surface area contributed by atoms with Crippen LogP contribution in [0.2, 0.25) is 0 Å². The first-order valence-corrected chi connectivity index (χ1v) is 6.84. The van der Waals surface area contributed by atoms with E-state index in [1.165, 1.54) is 0 Å². The molecule has 5 atom stereocenters. The molecule has 0 saturated heterocycles. The Kier molecular flexibility index (Phi) is 4.45. The lowest BCUT2D eigenvalue weighted by molar-refractivity contribution is -0.0654. The molecule has 1 fully saturated rings. The molecule has 0 aliphatic heterocycles. The minimum absolute atomic E-state index is 0.0408. The molecule has 2 rings (SSSR count). The van der Waals surface area contributed by atoms with Crippen molar-refractivity contribution in [2.24, 2.45) is 11.7 Å². The van der Waals surface area contributed by atoms with Gasteiger partial charge in [-0.15, -0.1) is 0 Å². The second kappa shape index (κ2) is 5.90. The van der Waals surface area contributed by atoms with Crippen LogP contribution in [-0.2, 0) is 0 Å². The SMILES string of the molecule is CCC1C(N)CC(c2ccccc2OC)C(O)C1O. The Hall–Kier alpha value is -1.10. The highest BCUT2D eigenvalue weighted by Gasteiger charge is 2.42. The fourth-order valence-corrected chi connectivity index (χ4v) is 3.18. The van der Waals surface area contributed by atoms with Crippen molar-refractivity contribution in [3.8, 4) is 5.75 Å². The number of ether oxygens (including phenoxy) is 1. The van der Waals surface area contributed by atoms with E-state index < -0.39 is 12.2 Å². The third-order valence-corrected chi connectivity index (χ3v) is 4.29. The fourth-order valence-electron chi connectivity index (χ4n) is 3.18. The van der Waals surface area contributed by atoms with E-state index in [0.717, 1.165) is 17.7 Å². The highest BCUT2D eigenvalue weighted by molar-refractivity contribution is 5.37. The first-order chi connectivity index (χ1) is 9.10. The molecule has 0 radical (unpaired) electrons. The molecule has 106 valence electrons. The predicted molar refractivity (Wildman–Crippen MR) is 74.1 cm³/mol.